The Balaban J connectivity index is 1.82. The summed E-state index contributed by atoms with van der Waals surface area (Å²) < 4.78 is 11.2. The van der Waals surface area contributed by atoms with E-state index >= 15 is 0 Å². The smallest absolute Gasteiger partial charge is 0.258 e. The van der Waals surface area contributed by atoms with Gasteiger partial charge in [-0.1, -0.05) is 18.2 Å². The molecule has 2 rings (SSSR count). The van der Waals surface area contributed by atoms with Crippen LogP contribution in [0.15, 0.2) is 24.3 Å². The Bertz CT molecular complexity index is 488. The summed E-state index contributed by atoms with van der Waals surface area (Å²) in [7, 11) is 0. The van der Waals surface area contributed by atoms with Gasteiger partial charge in [-0.05, 0) is 32.8 Å². The van der Waals surface area contributed by atoms with Crippen LogP contribution in [0, 0.1) is 0 Å². The second-order valence-electron chi connectivity index (χ2n) is 5.97. The fourth-order valence-corrected chi connectivity index (χ4v) is 2.58. The van der Waals surface area contributed by atoms with Crippen LogP contribution in [0.1, 0.15) is 32.3 Å². The van der Waals surface area contributed by atoms with Crippen LogP contribution in [-0.4, -0.2) is 30.8 Å². The lowest BCUT2D eigenvalue weighted by Crippen LogP contribution is -2.47. The molecule has 3 N–H and O–H groups in total. The van der Waals surface area contributed by atoms with E-state index in [4.69, 9.17) is 15.2 Å². The molecule has 1 fully saturated rings. The van der Waals surface area contributed by atoms with Gasteiger partial charge < -0.3 is 20.5 Å². The van der Waals surface area contributed by atoms with E-state index in [0.29, 0.717) is 18.9 Å². The zero-order valence-corrected chi connectivity index (χ0v) is 12.7. The maximum absolute atomic E-state index is 12.0. The molecule has 0 radical (unpaired) electrons. The molecule has 0 saturated carbocycles. The molecule has 1 aromatic carbocycles. The predicted molar refractivity (Wildman–Crippen MR) is 81.0 cm³/mol. The number of hydrogen-bond donors (Lipinski definition) is 2. The summed E-state index contributed by atoms with van der Waals surface area (Å²) in [6.45, 7) is 5.16. The van der Waals surface area contributed by atoms with Crippen molar-refractivity contribution in [2.24, 2.45) is 5.73 Å². The normalized spacial score (nSPS) is 20.8. The van der Waals surface area contributed by atoms with E-state index in [1.165, 1.54) is 0 Å². The Morgan fingerprint density at radius 1 is 1.48 bits per heavy atom. The number of nitrogens with two attached hydrogens (primary N) is 1. The van der Waals surface area contributed by atoms with Crippen LogP contribution in [-0.2, 0) is 16.1 Å². The molecule has 21 heavy (non-hydrogen) atoms. The Hall–Kier alpha value is -1.59. The molecule has 1 heterocycles. The summed E-state index contributed by atoms with van der Waals surface area (Å²) in [5.74, 6) is 0.562. The molecule has 1 aromatic rings. The summed E-state index contributed by atoms with van der Waals surface area (Å²) in [5.41, 5.74) is 6.36. The molecule has 0 aromatic heterocycles. The fourth-order valence-electron chi connectivity index (χ4n) is 2.58. The number of carbonyl (C=O) groups excluding carboxylic acids is 1. The first-order valence-electron chi connectivity index (χ1n) is 7.34. The summed E-state index contributed by atoms with van der Waals surface area (Å²) in [5, 5.41) is 3.01. The first-order valence-corrected chi connectivity index (χ1v) is 7.34. The van der Waals surface area contributed by atoms with E-state index in [-0.39, 0.29) is 24.2 Å². The summed E-state index contributed by atoms with van der Waals surface area (Å²) in [4.78, 5) is 12.0. The summed E-state index contributed by atoms with van der Waals surface area (Å²) in [6.07, 6.45) is 1.66. The Morgan fingerprint density at radius 2 is 2.24 bits per heavy atom. The van der Waals surface area contributed by atoms with Crippen LogP contribution in [0.4, 0.5) is 0 Å². The van der Waals surface area contributed by atoms with Crippen LogP contribution in [0.5, 0.6) is 5.75 Å². The van der Waals surface area contributed by atoms with Gasteiger partial charge in [-0.15, -0.1) is 0 Å². The van der Waals surface area contributed by atoms with E-state index in [1.807, 2.05) is 38.1 Å². The van der Waals surface area contributed by atoms with Gasteiger partial charge in [-0.2, -0.15) is 0 Å². The SMILES string of the molecule is CC1(C)CC(NC(=O)COc2ccccc2CN)CCO1. The third-order valence-electron chi connectivity index (χ3n) is 3.61. The summed E-state index contributed by atoms with van der Waals surface area (Å²) in [6, 6.07) is 7.64. The van der Waals surface area contributed by atoms with Gasteiger partial charge in [0, 0.05) is 24.8 Å². The largest absolute Gasteiger partial charge is 0.483 e. The molecule has 5 nitrogen and oxygen atoms in total. The molecule has 1 atom stereocenters. The number of para-hydroxylation sites is 1. The van der Waals surface area contributed by atoms with Crippen molar-refractivity contribution in [2.75, 3.05) is 13.2 Å². The monoisotopic (exact) mass is 292 g/mol. The van der Waals surface area contributed by atoms with Crippen molar-refractivity contribution < 1.29 is 14.3 Å². The van der Waals surface area contributed by atoms with Crippen LogP contribution >= 0.6 is 0 Å². The maximum Gasteiger partial charge on any atom is 0.258 e. The van der Waals surface area contributed by atoms with E-state index in [9.17, 15) is 4.79 Å². The van der Waals surface area contributed by atoms with E-state index in [1.54, 1.807) is 0 Å². The molecule has 1 unspecified atom stereocenters. The summed E-state index contributed by atoms with van der Waals surface area (Å²) >= 11 is 0. The molecule has 1 amide bonds. The number of nitrogens with one attached hydrogen (secondary N) is 1. The lowest BCUT2D eigenvalue weighted by molar-refractivity contribution is -0.126. The van der Waals surface area contributed by atoms with Gasteiger partial charge in [0.25, 0.3) is 5.91 Å². The van der Waals surface area contributed by atoms with Crippen molar-refractivity contribution in [1.29, 1.82) is 0 Å². The van der Waals surface area contributed by atoms with Crippen LogP contribution in [0.3, 0.4) is 0 Å². The molecule has 0 bridgehead atoms. The van der Waals surface area contributed by atoms with Crippen molar-refractivity contribution in [2.45, 2.75) is 44.9 Å². The highest BCUT2D eigenvalue weighted by Gasteiger charge is 2.29. The number of benzene rings is 1. The number of hydrogen-bond acceptors (Lipinski definition) is 4. The molecule has 5 heteroatoms. The minimum Gasteiger partial charge on any atom is -0.483 e. The topological polar surface area (TPSA) is 73.6 Å². The zero-order chi connectivity index (χ0) is 15.3. The van der Waals surface area contributed by atoms with Gasteiger partial charge in [-0.3, -0.25) is 4.79 Å². The number of amides is 1. The maximum atomic E-state index is 12.0. The van der Waals surface area contributed by atoms with Crippen molar-refractivity contribution in [1.82, 2.24) is 5.32 Å². The van der Waals surface area contributed by atoms with Crippen molar-refractivity contribution in [3.8, 4) is 5.75 Å². The van der Waals surface area contributed by atoms with Crippen LogP contribution in [0.25, 0.3) is 0 Å². The Labute approximate surface area is 125 Å². The molecular formula is C16H24N2O3. The Kier molecular flexibility index (Phi) is 5.20. The highest BCUT2D eigenvalue weighted by atomic mass is 16.5. The average Bonchev–Trinajstić information content (AvgIpc) is 2.44. The minimum atomic E-state index is -0.177. The standard InChI is InChI=1S/C16H24N2O3/c1-16(2)9-13(7-8-21-16)18-15(19)11-20-14-6-4-3-5-12(14)10-17/h3-6,13H,7-11,17H2,1-2H3,(H,18,19). The van der Waals surface area contributed by atoms with Crippen molar-refractivity contribution in [3.63, 3.8) is 0 Å². The molecular weight excluding hydrogens is 268 g/mol. The quantitative estimate of drug-likeness (QED) is 0.864. The molecule has 1 saturated heterocycles. The van der Waals surface area contributed by atoms with Crippen molar-refractivity contribution >= 4 is 5.91 Å². The average molecular weight is 292 g/mol. The van der Waals surface area contributed by atoms with Gasteiger partial charge in [-0.25, -0.2) is 0 Å². The zero-order valence-electron chi connectivity index (χ0n) is 12.7. The van der Waals surface area contributed by atoms with E-state index < -0.39 is 0 Å². The van der Waals surface area contributed by atoms with Crippen molar-refractivity contribution in [3.05, 3.63) is 29.8 Å². The van der Waals surface area contributed by atoms with Gasteiger partial charge in [0.2, 0.25) is 0 Å². The van der Waals surface area contributed by atoms with E-state index in [0.717, 1.165) is 18.4 Å². The molecule has 0 spiro atoms. The second-order valence-corrected chi connectivity index (χ2v) is 5.97. The van der Waals surface area contributed by atoms with Gasteiger partial charge in [0.1, 0.15) is 5.75 Å². The highest BCUT2D eigenvalue weighted by molar-refractivity contribution is 5.77. The Morgan fingerprint density at radius 3 is 2.95 bits per heavy atom. The molecule has 1 aliphatic rings. The lowest BCUT2D eigenvalue weighted by Gasteiger charge is -2.35. The van der Waals surface area contributed by atoms with E-state index in [2.05, 4.69) is 5.32 Å². The third kappa shape index (κ3) is 4.72. The molecule has 116 valence electrons. The van der Waals surface area contributed by atoms with Gasteiger partial charge >= 0.3 is 0 Å². The number of ether oxygens (including phenoxy) is 2. The van der Waals surface area contributed by atoms with Gasteiger partial charge in [0.15, 0.2) is 6.61 Å². The first-order chi connectivity index (χ1) is 10.00. The number of rotatable bonds is 5. The highest BCUT2D eigenvalue weighted by Crippen LogP contribution is 2.24. The second kappa shape index (κ2) is 6.91. The fraction of sp³-hybridized carbons (Fsp3) is 0.562. The lowest BCUT2D eigenvalue weighted by atomic mass is 9.94. The third-order valence-corrected chi connectivity index (χ3v) is 3.61. The predicted octanol–water partition coefficient (Wildman–Crippen LogP) is 1.60. The first kappa shape index (κ1) is 15.8. The van der Waals surface area contributed by atoms with Crippen LogP contribution < -0.4 is 15.8 Å². The van der Waals surface area contributed by atoms with Gasteiger partial charge in [0.05, 0.1) is 5.60 Å². The molecule has 1 aliphatic heterocycles. The minimum absolute atomic E-state index is 0.00873. The number of carbonyl (C=O) groups is 1. The molecule has 0 aliphatic carbocycles. The van der Waals surface area contributed by atoms with Crippen LogP contribution in [0.2, 0.25) is 0 Å².